The maximum absolute atomic E-state index is 5.55. The molecule has 0 amide bonds. The number of para-hydroxylation sites is 1. The van der Waals surface area contributed by atoms with Gasteiger partial charge in [0.05, 0.1) is 32.7 Å². The maximum atomic E-state index is 5.55. The minimum absolute atomic E-state index is 0.339. The van der Waals surface area contributed by atoms with E-state index in [4.69, 9.17) is 18.7 Å². The Labute approximate surface area is 180 Å². The molecule has 2 aromatic heterocycles. The standard InChI is InChI=1S/C23H24N4O4/c1-13-8-7-9-14(2)20(13)27-12-24-19(15(27)3)23-25-22(26-31-23)16-10-17(28-4)21(30-6)18(11-16)29-5/h7-12H,1-6H3. The molecule has 0 fully saturated rings. The average molecular weight is 420 g/mol. The zero-order chi connectivity index (χ0) is 22.1. The van der Waals surface area contributed by atoms with E-state index in [0.29, 0.717) is 40.2 Å². The highest BCUT2D eigenvalue weighted by Crippen LogP contribution is 2.41. The predicted molar refractivity (Wildman–Crippen MR) is 116 cm³/mol. The minimum atomic E-state index is 0.339. The average Bonchev–Trinajstić information content (AvgIpc) is 3.40. The van der Waals surface area contributed by atoms with Crippen LogP contribution in [0.2, 0.25) is 0 Å². The van der Waals surface area contributed by atoms with Gasteiger partial charge in [0.2, 0.25) is 11.6 Å². The Bertz CT molecular complexity index is 1200. The van der Waals surface area contributed by atoms with Crippen molar-refractivity contribution < 1.29 is 18.7 Å². The molecule has 0 N–H and O–H groups in total. The summed E-state index contributed by atoms with van der Waals surface area (Å²) in [6.45, 7) is 6.14. The molecular weight excluding hydrogens is 396 g/mol. The summed E-state index contributed by atoms with van der Waals surface area (Å²) in [5.41, 5.74) is 5.65. The summed E-state index contributed by atoms with van der Waals surface area (Å²) in [6.07, 6.45) is 1.78. The Morgan fingerprint density at radius 3 is 2.13 bits per heavy atom. The SMILES string of the molecule is COc1cc(-c2noc(-c3ncn(-c4c(C)cccc4C)c3C)n2)cc(OC)c1OC. The third-order valence-corrected chi connectivity index (χ3v) is 5.24. The molecule has 2 aromatic carbocycles. The Hall–Kier alpha value is -3.81. The van der Waals surface area contributed by atoms with Crippen LogP contribution in [0, 0.1) is 20.8 Å². The van der Waals surface area contributed by atoms with Gasteiger partial charge in [-0.15, -0.1) is 0 Å². The molecule has 0 radical (unpaired) electrons. The van der Waals surface area contributed by atoms with Crippen molar-refractivity contribution in [1.82, 2.24) is 19.7 Å². The minimum Gasteiger partial charge on any atom is -0.493 e. The van der Waals surface area contributed by atoms with Crippen LogP contribution in [0.4, 0.5) is 0 Å². The lowest BCUT2D eigenvalue weighted by molar-refractivity contribution is 0.324. The molecule has 4 aromatic rings. The highest BCUT2D eigenvalue weighted by Gasteiger charge is 2.21. The molecule has 2 heterocycles. The lowest BCUT2D eigenvalue weighted by Gasteiger charge is -2.12. The van der Waals surface area contributed by atoms with Crippen LogP contribution in [0.3, 0.4) is 0 Å². The van der Waals surface area contributed by atoms with Gasteiger partial charge in [-0.2, -0.15) is 4.98 Å². The van der Waals surface area contributed by atoms with Crippen molar-refractivity contribution in [2.75, 3.05) is 21.3 Å². The molecule has 0 aliphatic heterocycles. The predicted octanol–water partition coefficient (Wildman–Crippen LogP) is 4.54. The molecule has 4 rings (SSSR count). The van der Waals surface area contributed by atoms with Gasteiger partial charge in [0.25, 0.3) is 5.89 Å². The van der Waals surface area contributed by atoms with E-state index in [1.165, 1.54) is 0 Å². The molecule has 0 aliphatic carbocycles. The fourth-order valence-corrected chi connectivity index (χ4v) is 3.68. The number of hydrogen-bond acceptors (Lipinski definition) is 7. The van der Waals surface area contributed by atoms with Crippen molar-refractivity contribution in [2.24, 2.45) is 0 Å². The van der Waals surface area contributed by atoms with Gasteiger partial charge in [-0.05, 0) is 44.0 Å². The van der Waals surface area contributed by atoms with Gasteiger partial charge in [0.1, 0.15) is 12.0 Å². The first kappa shape index (κ1) is 20.5. The third-order valence-electron chi connectivity index (χ3n) is 5.24. The highest BCUT2D eigenvalue weighted by atomic mass is 16.5. The summed E-state index contributed by atoms with van der Waals surface area (Å²) in [5.74, 6) is 2.26. The first-order chi connectivity index (χ1) is 15.0. The summed E-state index contributed by atoms with van der Waals surface area (Å²) >= 11 is 0. The summed E-state index contributed by atoms with van der Waals surface area (Å²) in [4.78, 5) is 9.11. The second kappa shape index (κ2) is 8.14. The van der Waals surface area contributed by atoms with Gasteiger partial charge in [-0.25, -0.2) is 4.98 Å². The molecular formula is C23H24N4O4. The van der Waals surface area contributed by atoms with Crippen molar-refractivity contribution in [3.8, 4) is 45.9 Å². The van der Waals surface area contributed by atoms with Gasteiger partial charge in [0.15, 0.2) is 11.5 Å². The first-order valence-corrected chi connectivity index (χ1v) is 9.73. The fraction of sp³-hybridized carbons (Fsp3) is 0.261. The topological polar surface area (TPSA) is 84.4 Å². The third kappa shape index (κ3) is 3.50. The molecule has 31 heavy (non-hydrogen) atoms. The van der Waals surface area contributed by atoms with Gasteiger partial charge in [-0.3, -0.25) is 0 Å². The van der Waals surface area contributed by atoms with Crippen LogP contribution in [0.15, 0.2) is 41.2 Å². The lowest BCUT2D eigenvalue weighted by atomic mass is 10.1. The van der Waals surface area contributed by atoms with E-state index < -0.39 is 0 Å². The zero-order valence-electron chi connectivity index (χ0n) is 18.4. The van der Waals surface area contributed by atoms with Crippen LogP contribution in [0.1, 0.15) is 16.8 Å². The van der Waals surface area contributed by atoms with Crippen LogP contribution in [-0.2, 0) is 0 Å². The van der Waals surface area contributed by atoms with E-state index in [1.807, 2.05) is 17.6 Å². The van der Waals surface area contributed by atoms with Gasteiger partial charge in [-0.1, -0.05) is 23.4 Å². The van der Waals surface area contributed by atoms with E-state index in [2.05, 4.69) is 41.1 Å². The number of methoxy groups -OCH3 is 3. The molecule has 0 aliphatic rings. The van der Waals surface area contributed by atoms with Crippen LogP contribution >= 0.6 is 0 Å². The quantitative estimate of drug-likeness (QED) is 0.453. The number of imidazole rings is 1. The molecule has 0 spiro atoms. The lowest BCUT2D eigenvalue weighted by Crippen LogP contribution is -2.00. The Morgan fingerprint density at radius 1 is 0.903 bits per heavy atom. The number of nitrogens with zero attached hydrogens (tertiary/aromatic N) is 4. The molecule has 0 saturated carbocycles. The van der Waals surface area contributed by atoms with Crippen LogP contribution < -0.4 is 14.2 Å². The van der Waals surface area contributed by atoms with Crippen molar-refractivity contribution in [3.05, 3.63) is 53.5 Å². The highest BCUT2D eigenvalue weighted by molar-refractivity contribution is 5.68. The van der Waals surface area contributed by atoms with Crippen molar-refractivity contribution in [1.29, 1.82) is 0 Å². The molecule has 0 saturated heterocycles. The monoisotopic (exact) mass is 420 g/mol. The van der Waals surface area contributed by atoms with Crippen LogP contribution in [-0.4, -0.2) is 41.0 Å². The van der Waals surface area contributed by atoms with Crippen molar-refractivity contribution >= 4 is 0 Å². The first-order valence-electron chi connectivity index (χ1n) is 9.73. The number of aromatic nitrogens is 4. The van der Waals surface area contributed by atoms with Crippen LogP contribution in [0.25, 0.3) is 28.7 Å². The smallest absolute Gasteiger partial charge is 0.278 e. The molecule has 8 heteroatoms. The summed E-state index contributed by atoms with van der Waals surface area (Å²) < 4.78 is 23.8. The van der Waals surface area contributed by atoms with Crippen LogP contribution in [0.5, 0.6) is 17.2 Å². The fourth-order valence-electron chi connectivity index (χ4n) is 3.68. The summed E-state index contributed by atoms with van der Waals surface area (Å²) in [6, 6.07) is 9.76. The zero-order valence-corrected chi connectivity index (χ0v) is 18.4. The summed E-state index contributed by atoms with van der Waals surface area (Å²) in [7, 11) is 4.68. The Kier molecular flexibility index (Phi) is 5.37. The van der Waals surface area contributed by atoms with Crippen molar-refractivity contribution in [2.45, 2.75) is 20.8 Å². The molecule has 0 unspecified atom stereocenters. The summed E-state index contributed by atoms with van der Waals surface area (Å²) in [5, 5.41) is 4.14. The Balaban J connectivity index is 1.75. The molecule has 0 atom stereocenters. The normalized spacial score (nSPS) is 10.9. The molecule has 0 bridgehead atoms. The second-order valence-electron chi connectivity index (χ2n) is 7.13. The number of benzene rings is 2. The Morgan fingerprint density at radius 2 is 1.55 bits per heavy atom. The van der Waals surface area contributed by atoms with Gasteiger partial charge in [0, 0.05) is 5.56 Å². The second-order valence-corrected chi connectivity index (χ2v) is 7.13. The maximum Gasteiger partial charge on any atom is 0.278 e. The number of rotatable bonds is 6. The van der Waals surface area contributed by atoms with E-state index in [0.717, 1.165) is 22.5 Å². The number of ether oxygens (including phenoxy) is 3. The van der Waals surface area contributed by atoms with Gasteiger partial charge >= 0.3 is 0 Å². The van der Waals surface area contributed by atoms with E-state index in [9.17, 15) is 0 Å². The van der Waals surface area contributed by atoms with E-state index >= 15 is 0 Å². The van der Waals surface area contributed by atoms with Gasteiger partial charge < -0.3 is 23.3 Å². The van der Waals surface area contributed by atoms with E-state index in [-0.39, 0.29) is 0 Å². The molecule has 8 nitrogen and oxygen atoms in total. The number of aryl methyl sites for hydroxylation is 2. The number of hydrogen-bond donors (Lipinski definition) is 0. The largest absolute Gasteiger partial charge is 0.493 e. The molecule has 160 valence electrons. The van der Waals surface area contributed by atoms with Crippen molar-refractivity contribution in [3.63, 3.8) is 0 Å². The van der Waals surface area contributed by atoms with E-state index in [1.54, 1.807) is 39.8 Å².